The van der Waals surface area contributed by atoms with Crippen molar-refractivity contribution in [2.24, 2.45) is 5.92 Å². The Morgan fingerprint density at radius 1 is 1.28 bits per heavy atom. The van der Waals surface area contributed by atoms with E-state index >= 15 is 0 Å². The van der Waals surface area contributed by atoms with Gasteiger partial charge in [-0.15, -0.1) is 11.3 Å². The van der Waals surface area contributed by atoms with E-state index in [0.29, 0.717) is 34.3 Å². The zero-order chi connectivity index (χ0) is 22.6. The van der Waals surface area contributed by atoms with Gasteiger partial charge in [-0.1, -0.05) is 30.7 Å². The number of halogens is 1. The Kier molecular flexibility index (Phi) is 4.98. The first-order chi connectivity index (χ1) is 15.3. The summed E-state index contributed by atoms with van der Waals surface area (Å²) in [5.74, 6) is -0.378. The molecule has 0 unspecified atom stereocenters. The third-order valence-electron chi connectivity index (χ3n) is 6.35. The molecular weight excluding hydrogens is 450 g/mol. The van der Waals surface area contributed by atoms with Crippen LogP contribution in [0, 0.1) is 12.8 Å². The minimum Gasteiger partial charge on any atom is -0.322 e. The van der Waals surface area contributed by atoms with E-state index in [9.17, 15) is 14.4 Å². The van der Waals surface area contributed by atoms with Gasteiger partial charge >= 0.3 is 6.03 Å². The van der Waals surface area contributed by atoms with Crippen LogP contribution in [0.1, 0.15) is 48.0 Å². The van der Waals surface area contributed by atoms with Crippen molar-refractivity contribution >= 4 is 51.0 Å². The number of hydrogen-bond acceptors (Lipinski definition) is 5. The zero-order valence-electron chi connectivity index (χ0n) is 17.6. The average molecular weight is 472 g/mol. The van der Waals surface area contributed by atoms with Crippen molar-refractivity contribution in [2.45, 2.75) is 45.1 Å². The SMILES string of the molecule is Cc1nn(-c2ccccc2Cl)c2sc(C(=O)NN3C(=O)NC4(CCC(C)CC4)C3=O)cc12. The van der Waals surface area contributed by atoms with Crippen LogP contribution < -0.4 is 10.7 Å². The lowest BCUT2D eigenvalue weighted by molar-refractivity contribution is -0.134. The Balaban J connectivity index is 1.41. The van der Waals surface area contributed by atoms with Gasteiger partial charge in [0.15, 0.2) is 0 Å². The molecule has 8 nitrogen and oxygen atoms in total. The molecule has 5 rings (SSSR count). The van der Waals surface area contributed by atoms with Gasteiger partial charge in [0.2, 0.25) is 0 Å². The van der Waals surface area contributed by atoms with Gasteiger partial charge in [-0.3, -0.25) is 15.0 Å². The molecule has 0 atom stereocenters. The number of para-hydroxylation sites is 1. The Hall–Kier alpha value is -2.91. The van der Waals surface area contributed by atoms with E-state index in [4.69, 9.17) is 11.6 Å². The van der Waals surface area contributed by atoms with Crippen LogP contribution in [0.3, 0.4) is 0 Å². The molecule has 2 aliphatic rings. The Bertz CT molecular complexity index is 1260. The van der Waals surface area contributed by atoms with Crippen LogP contribution in [-0.2, 0) is 4.79 Å². The van der Waals surface area contributed by atoms with Crippen LogP contribution in [0.2, 0.25) is 5.02 Å². The number of rotatable bonds is 3. The second kappa shape index (κ2) is 7.60. The van der Waals surface area contributed by atoms with Crippen LogP contribution in [0.15, 0.2) is 30.3 Å². The van der Waals surface area contributed by atoms with Crippen molar-refractivity contribution in [1.82, 2.24) is 25.5 Å². The average Bonchev–Trinajstić information content (AvgIpc) is 3.40. The molecule has 0 radical (unpaired) electrons. The molecular formula is C22H22ClN5O3S. The molecule has 1 saturated carbocycles. The summed E-state index contributed by atoms with van der Waals surface area (Å²) in [4.78, 5) is 39.6. The highest BCUT2D eigenvalue weighted by Gasteiger charge is 2.53. The monoisotopic (exact) mass is 471 g/mol. The fourth-order valence-corrected chi connectivity index (χ4v) is 5.70. The first-order valence-corrected chi connectivity index (χ1v) is 11.7. The summed E-state index contributed by atoms with van der Waals surface area (Å²) in [5, 5.41) is 9.55. The topological polar surface area (TPSA) is 96.3 Å². The summed E-state index contributed by atoms with van der Waals surface area (Å²) >= 11 is 7.57. The predicted molar refractivity (Wildman–Crippen MR) is 122 cm³/mol. The number of hydrazine groups is 1. The maximum absolute atomic E-state index is 13.0. The fourth-order valence-electron chi connectivity index (χ4n) is 4.42. The first-order valence-electron chi connectivity index (χ1n) is 10.5. The Labute approximate surface area is 193 Å². The number of aryl methyl sites for hydroxylation is 1. The number of hydrogen-bond donors (Lipinski definition) is 2. The molecule has 3 heterocycles. The van der Waals surface area contributed by atoms with Gasteiger partial charge in [0.1, 0.15) is 10.4 Å². The highest BCUT2D eigenvalue weighted by Crippen LogP contribution is 2.36. The molecule has 2 aromatic heterocycles. The number of urea groups is 1. The standard InChI is InChI=1S/C22H22ClN5O3S/c1-12-7-9-22(10-8-12)20(30)28(21(31)24-22)26-18(29)17-11-14-13(2)25-27(19(14)32-17)16-6-4-3-5-15(16)23/h3-6,11-12H,7-10H2,1-2H3,(H,24,31)(H,26,29). The van der Waals surface area contributed by atoms with Crippen molar-refractivity contribution in [3.63, 3.8) is 0 Å². The molecule has 0 bridgehead atoms. The highest BCUT2D eigenvalue weighted by atomic mass is 35.5. The lowest BCUT2D eigenvalue weighted by Crippen LogP contribution is -2.51. The summed E-state index contributed by atoms with van der Waals surface area (Å²) in [7, 11) is 0. The third kappa shape index (κ3) is 3.27. The van der Waals surface area contributed by atoms with E-state index in [2.05, 4.69) is 22.8 Å². The van der Waals surface area contributed by atoms with E-state index in [1.165, 1.54) is 11.3 Å². The molecule has 2 N–H and O–H groups in total. The fraction of sp³-hybridized carbons (Fsp3) is 0.364. The van der Waals surface area contributed by atoms with Gasteiger partial charge in [-0.2, -0.15) is 10.1 Å². The quantitative estimate of drug-likeness (QED) is 0.559. The minimum atomic E-state index is -0.905. The Morgan fingerprint density at radius 2 is 2.00 bits per heavy atom. The van der Waals surface area contributed by atoms with Crippen molar-refractivity contribution in [3.05, 3.63) is 45.9 Å². The molecule has 1 aliphatic carbocycles. The van der Waals surface area contributed by atoms with Gasteiger partial charge in [0, 0.05) is 5.39 Å². The van der Waals surface area contributed by atoms with Gasteiger partial charge in [0.25, 0.3) is 11.8 Å². The number of carbonyl (C=O) groups excluding carboxylic acids is 3. The smallest absolute Gasteiger partial charge is 0.322 e. The van der Waals surface area contributed by atoms with Crippen LogP contribution in [-0.4, -0.2) is 38.2 Å². The first kappa shape index (κ1) is 21.0. The molecule has 1 saturated heterocycles. The maximum Gasteiger partial charge on any atom is 0.344 e. The number of imide groups is 1. The number of carbonyl (C=O) groups is 3. The van der Waals surface area contributed by atoms with Gasteiger partial charge in [0.05, 0.1) is 21.3 Å². The maximum atomic E-state index is 13.0. The van der Waals surface area contributed by atoms with Crippen molar-refractivity contribution in [2.75, 3.05) is 0 Å². The number of fused-ring (bicyclic) bond motifs is 1. The van der Waals surface area contributed by atoms with Gasteiger partial charge in [-0.25, -0.2) is 9.48 Å². The van der Waals surface area contributed by atoms with E-state index < -0.39 is 17.5 Å². The molecule has 3 aromatic rings. The van der Waals surface area contributed by atoms with Crippen LogP contribution >= 0.6 is 22.9 Å². The van der Waals surface area contributed by atoms with Crippen molar-refractivity contribution < 1.29 is 14.4 Å². The molecule has 1 spiro atoms. The van der Waals surface area contributed by atoms with Gasteiger partial charge < -0.3 is 5.32 Å². The normalized spacial score (nSPS) is 23.2. The van der Waals surface area contributed by atoms with Crippen LogP contribution in [0.4, 0.5) is 4.79 Å². The van der Waals surface area contributed by atoms with Gasteiger partial charge in [-0.05, 0) is 56.7 Å². The Morgan fingerprint density at radius 3 is 2.72 bits per heavy atom. The highest BCUT2D eigenvalue weighted by molar-refractivity contribution is 7.20. The number of benzene rings is 1. The molecule has 4 amide bonds. The van der Waals surface area contributed by atoms with E-state index in [1.54, 1.807) is 16.8 Å². The largest absolute Gasteiger partial charge is 0.344 e. The number of nitrogens with zero attached hydrogens (tertiary/aromatic N) is 3. The molecule has 1 aliphatic heterocycles. The number of nitrogens with one attached hydrogen (secondary N) is 2. The molecule has 1 aromatic carbocycles. The summed E-state index contributed by atoms with van der Waals surface area (Å²) in [6, 6.07) is 8.47. The summed E-state index contributed by atoms with van der Waals surface area (Å²) < 4.78 is 1.71. The summed E-state index contributed by atoms with van der Waals surface area (Å²) in [5.41, 5.74) is 3.06. The van der Waals surface area contributed by atoms with E-state index in [-0.39, 0.29) is 5.91 Å². The zero-order valence-corrected chi connectivity index (χ0v) is 19.2. The molecule has 10 heteroatoms. The molecule has 166 valence electrons. The van der Waals surface area contributed by atoms with Crippen molar-refractivity contribution in [3.8, 4) is 5.69 Å². The second-order valence-corrected chi connectivity index (χ2v) is 9.99. The molecule has 2 fully saturated rings. The minimum absolute atomic E-state index is 0.375. The van der Waals surface area contributed by atoms with E-state index in [0.717, 1.165) is 33.8 Å². The number of amides is 4. The summed E-state index contributed by atoms with van der Waals surface area (Å²) in [6.45, 7) is 4.00. The molecule has 32 heavy (non-hydrogen) atoms. The summed E-state index contributed by atoms with van der Waals surface area (Å²) in [6.07, 6.45) is 2.89. The predicted octanol–water partition coefficient (Wildman–Crippen LogP) is 4.19. The van der Waals surface area contributed by atoms with Crippen LogP contribution in [0.5, 0.6) is 0 Å². The second-order valence-electron chi connectivity index (χ2n) is 8.55. The number of thiophene rings is 1. The van der Waals surface area contributed by atoms with Crippen LogP contribution in [0.25, 0.3) is 15.9 Å². The van der Waals surface area contributed by atoms with E-state index in [1.807, 2.05) is 25.1 Å². The lowest BCUT2D eigenvalue weighted by Gasteiger charge is -2.33. The lowest BCUT2D eigenvalue weighted by atomic mass is 9.77. The van der Waals surface area contributed by atoms with Crippen molar-refractivity contribution in [1.29, 1.82) is 0 Å². The number of aromatic nitrogens is 2. The third-order valence-corrected chi connectivity index (χ3v) is 7.78.